The fourth-order valence-electron chi connectivity index (χ4n) is 5.07. The normalized spacial score (nSPS) is 20.0. The first-order chi connectivity index (χ1) is 17.4. The molecular weight excluding hydrogens is 497 g/mol. The first kappa shape index (κ1) is 27.3. The van der Waals surface area contributed by atoms with Gasteiger partial charge in [0.1, 0.15) is 11.6 Å². The predicted molar refractivity (Wildman–Crippen MR) is 127 cm³/mol. The Balaban J connectivity index is 1.24. The summed E-state index contributed by atoms with van der Waals surface area (Å²) in [7, 11) is 0. The minimum atomic E-state index is -4.36. The molecule has 4 rings (SSSR count). The van der Waals surface area contributed by atoms with Crippen LogP contribution in [0, 0.1) is 11.6 Å². The summed E-state index contributed by atoms with van der Waals surface area (Å²) in [6.07, 6.45) is -3.67. The Morgan fingerprint density at radius 3 is 2.11 bits per heavy atom. The van der Waals surface area contributed by atoms with Crippen LogP contribution >= 0.6 is 0 Å². The number of hydrogen-bond donors (Lipinski definition) is 3. The number of anilines is 1. The minimum Gasteiger partial charge on any atom is -0.389 e. The molecule has 202 valence electrons. The lowest BCUT2D eigenvalue weighted by Gasteiger charge is -2.43. The number of halogens is 5. The Labute approximate surface area is 211 Å². The van der Waals surface area contributed by atoms with Crippen LogP contribution in [0.2, 0.25) is 0 Å². The summed E-state index contributed by atoms with van der Waals surface area (Å²) in [5.41, 5.74) is -1.20. The maximum absolute atomic E-state index is 13.4. The lowest BCUT2D eigenvalue weighted by Crippen LogP contribution is -2.56. The van der Waals surface area contributed by atoms with E-state index in [0.717, 1.165) is 42.7 Å². The van der Waals surface area contributed by atoms with Crippen LogP contribution in [0.3, 0.4) is 0 Å². The Morgan fingerprint density at radius 2 is 1.57 bits per heavy atom. The Hall–Kier alpha value is -2.76. The molecule has 3 N–H and O–H groups in total. The van der Waals surface area contributed by atoms with Gasteiger partial charge in [-0.05, 0) is 74.5 Å². The van der Waals surface area contributed by atoms with E-state index in [-0.39, 0.29) is 44.1 Å². The maximum atomic E-state index is 13.4. The number of benzene rings is 2. The number of nitrogens with one attached hydrogen (secondary N) is 1. The van der Waals surface area contributed by atoms with Crippen molar-refractivity contribution in [2.45, 2.75) is 49.5 Å². The lowest BCUT2D eigenvalue weighted by molar-refractivity contribution is -0.137. The van der Waals surface area contributed by atoms with Gasteiger partial charge in [-0.2, -0.15) is 13.2 Å². The van der Waals surface area contributed by atoms with Crippen LogP contribution < -0.4 is 5.32 Å². The van der Waals surface area contributed by atoms with Crippen molar-refractivity contribution < 1.29 is 37.0 Å². The molecule has 2 aromatic carbocycles. The molecule has 11 heteroatoms. The molecule has 2 fully saturated rings. The molecule has 1 atom stereocenters. The second-order valence-electron chi connectivity index (χ2n) is 9.89. The number of carbonyl (C=O) groups is 1. The minimum absolute atomic E-state index is 0.0110. The van der Waals surface area contributed by atoms with Crippen molar-refractivity contribution in [3.8, 4) is 0 Å². The Morgan fingerprint density at radius 1 is 1.00 bits per heavy atom. The van der Waals surface area contributed by atoms with Gasteiger partial charge in [0.05, 0.1) is 17.3 Å². The SMILES string of the molecule is O=C(Nc1cc(F)cc(F)c1)N1CCC(O)(C(O)CN2CCC(c3ccc(C(F)(F)F)cc3)CC2)CC1. The van der Waals surface area contributed by atoms with Gasteiger partial charge in [-0.1, -0.05) is 12.1 Å². The molecule has 0 bridgehead atoms. The summed E-state index contributed by atoms with van der Waals surface area (Å²) in [5, 5.41) is 24.3. The number of amides is 2. The zero-order valence-corrected chi connectivity index (χ0v) is 20.1. The van der Waals surface area contributed by atoms with E-state index in [9.17, 15) is 37.0 Å². The quantitative estimate of drug-likeness (QED) is 0.498. The highest BCUT2D eigenvalue weighted by Crippen LogP contribution is 2.34. The van der Waals surface area contributed by atoms with Crippen LogP contribution in [-0.2, 0) is 6.18 Å². The number of hydrogen-bond acceptors (Lipinski definition) is 4. The van der Waals surface area contributed by atoms with Gasteiger partial charge >= 0.3 is 12.2 Å². The monoisotopic (exact) mass is 527 g/mol. The van der Waals surface area contributed by atoms with Crippen molar-refractivity contribution in [2.75, 3.05) is 38.0 Å². The summed E-state index contributed by atoms with van der Waals surface area (Å²) in [5.74, 6) is -1.49. The molecule has 2 aliphatic heterocycles. The van der Waals surface area contributed by atoms with Gasteiger partial charge in [0, 0.05) is 31.4 Å². The van der Waals surface area contributed by atoms with Crippen LogP contribution in [0.4, 0.5) is 32.4 Å². The maximum Gasteiger partial charge on any atom is 0.416 e. The topological polar surface area (TPSA) is 76.0 Å². The third-order valence-electron chi connectivity index (χ3n) is 7.38. The largest absolute Gasteiger partial charge is 0.416 e. The van der Waals surface area contributed by atoms with E-state index in [1.165, 1.54) is 17.0 Å². The van der Waals surface area contributed by atoms with E-state index < -0.39 is 41.1 Å². The number of aliphatic hydroxyl groups is 2. The van der Waals surface area contributed by atoms with E-state index in [2.05, 4.69) is 5.32 Å². The summed E-state index contributed by atoms with van der Waals surface area (Å²) < 4.78 is 65.1. The molecule has 1 unspecified atom stereocenters. The fourth-order valence-corrected chi connectivity index (χ4v) is 5.07. The van der Waals surface area contributed by atoms with Crippen molar-refractivity contribution in [3.63, 3.8) is 0 Å². The van der Waals surface area contributed by atoms with Crippen molar-refractivity contribution in [1.82, 2.24) is 9.80 Å². The number of β-amino-alcohol motifs (C(OH)–C–C–N with tert-alkyl or cyclic N) is 1. The number of alkyl halides is 3. The zero-order valence-electron chi connectivity index (χ0n) is 20.1. The highest BCUT2D eigenvalue weighted by atomic mass is 19.4. The first-order valence-corrected chi connectivity index (χ1v) is 12.2. The molecular formula is C26H30F5N3O3. The fraction of sp³-hybridized carbons (Fsp3) is 0.500. The number of carbonyl (C=O) groups excluding carboxylic acids is 1. The van der Waals surface area contributed by atoms with Crippen LogP contribution in [0.25, 0.3) is 0 Å². The number of aliphatic hydroxyl groups excluding tert-OH is 1. The summed E-state index contributed by atoms with van der Waals surface area (Å²) in [6, 6.07) is 7.41. The van der Waals surface area contributed by atoms with Crippen LogP contribution in [-0.4, -0.2) is 70.5 Å². The van der Waals surface area contributed by atoms with Crippen LogP contribution in [0.5, 0.6) is 0 Å². The van der Waals surface area contributed by atoms with Gasteiger partial charge in [0.25, 0.3) is 0 Å². The van der Waals surface area contributed by atoms with Gasteiger partial charge in [-0.25, -0.2) is 13.6 Å². The number of urea groups is 1. The Bertz CT molecular complexity index is 1060. The molecule has 0 aromatic heterocycles. The summed E-state index contributed by atoms with van der Waals surface area (Å²) in [4.78, 5) is 15.9. The number of likely N-dealkylation sites (tertiary alicyclic amines) is 2. The predicted octanol–water partition coefficient (Wildman–Crippen LogP) is 4.58. The van der Waals surface area contributed by atoms with Gasteiger partial charge < -0.3 is 25.3 Å². The van der Waals surface area contributed by atoms with Crippen LogP contribution in [0.1, 0.15) is 42.7 Å². The first-order valence-electron chi connectivity index (χ1n) is 12.2. The van der Waals surface area contributed by atoms with Gasteiger partial charge in [-0.3, -0.25) is 0 Å². The second-order valence-corrected chi connectivity index (χ2v) is 9.89. The van der Waals surface area contributed by atoms with E-state index in [0.29, 0.717) is 19.2 Å². The highest BCUT2D eigenvalue weighted by molar-refractivity contribution is 5.89. The molecule has 6 nitrogen and oxygen atoms in total. The average molecular weight is 528 g/mol. The van der Waals surface area contributed by atoms with Crippen LogP contribution in [0.15, 0.2) is 42.5 Å². The molecule has 2 aromatic rings. The number of nitrogens with zero attached hydrogens (tertiary/aromatic N) is 2. The van der Waals surface area contributed by atoms with Crippen molar-refractivity contribution >= 4 is 11.7 Å². The Kier molecular flexibility index (Phi) is 8.05. The molecule has 2 aliphatic rings. The number of rotatable bonds is 5. The number of piperidine rings is 2. The van der Waals surface area contributed by atoms with E-state index in [4.69, 9.17) is 0 Å². The standard InChI is InChI=1S/C26H30F5N3O3/c27-20-13-21(28)15-22(14-20)32-24(36)34-11-7-25(37,8-12-34)23(35)16-33-9-5-18(6-10-33)17-1-3-19(4-2-17)26(29,30)31/h1-4,13-15,18,23,35,37H,5-12,16H2,(H,32,36). The van der Waals surface area contributed by atoms with E-state index in [1.54, 1.807) is 0 Å². The molecule has 2 saturated heterocycles. The molecule has 37 heavy (non-hydrogen) atoms. The summed E-state index contributed by atoms with van der Waals surface area (Å²) in [6.45, 7) is 1.83. The molecule has 2 heterocycles. The molecule has 2 amide bonds. The average Bonchev–Trinajstić information content (AvgIpc) is 2.84. The lowest BCUT2D eigenvalue weighted by atomic mass is 9.84. The van der Waals surface area contributed by atoms with Gasteiger partial charge in [0.2, 0.25) is 0 Å². The molecule has 0 saturated carbocycles. The van der Waals surface area contributed by atoms with Gasteiger partial charge in [0.15, 0.2) is 0 Å². The summed E-state index contributed by atoms with van der Waals surface area (Å²) >= 11 is 0. The van der Waals surface area contributed by atoms with Crippen molar-refractivity contribution in [3.05, 3.63) is 65.2 Å². The van der Waals surface area contributed by atoms with E-state index >= 15 is 0 Å². The van der Waals surface area contributed by atoms with E-state index in [1.807, 2.05) is 4.90 Å². The smallest absolute Gasteiger partial charge is 0.389 e. The van der Waals surface area contributed by atoms with Crippen molar-refractivity contribution in [2.24, 2.45) is 0 Å². The zero-order chi connectivity index (χ0) is 26.8. The molecule has 0 radical (unpaired) electrons. The third-order valence-corrected chi connectivity index (χ3v) is 7.38. The third kappa shape index (κ3) is 6.77. The van der Waals surface area contributed by atoms with Gasteiger partial charge in [-0.15, -0.1) is 0 Å². The van der Waals surface area contributed by atoms with Crippen molar-refractivity contribution in [1.29, 1.82) is 0 Å². The molecule has 0 aliphatic carbocycles. The second kappa shape index (κ2) is 10.9. The highest BCUT2D eigenvalue weighted by Gasteiger charge is 2.41. The molecule has 0 spiro atoms.